The van der Waals surface area contributed by atoms with Crippen molar-refractivity contribution in [3.8, 4) is 0 Å². The molecule has 2 aliphatic carbocycles. The first-order chi connectivity index (χ1) is 9.19. The van der Waals surface area contributed by atoms with Crippen LogP contribution in [0.4, 0.5) is 0 Å². The van der Waals surface area contributed by atoms with Crippen LogP contribution >= 0.6 is 0 Å². The fourth-order valence-corrected chi connectivity index (χ4v) is 5.51. The van der Waals surface area contributed by atoms with Crippen molar-refractivity contribution in [3.05, 3.63) is 0 Å². The van der Waals surface area contributed by atoms with E-state index in [1.165, 1.54) is 57.9 Å². The van der Waals surface area contributed by atoms with Gasteiger partial charge in [0.1, 0.15) is 0 Å². The summed E-state index contributed by atoms with van der Waals surface area (Å²) in [4.78, 5) is 2.90. The van der Waals surface area contributed by atoms with Crippen molar-refractivity contribution in [2.24, 2.45) is 23.5 Å². The van der Waals surface area contributed by atoms with Gasteiger partial charge in [0.25, 0.3) is 0 Å². The summed E-state index contributed by atoms with van der Waals surface area (Å²) < 4.78 is 0. The van der Waals surface area contributed by atoms with Crippen molar-refractivity contribution in [1.82, 2.24) is 4.90 Å². The Morgan fingerprint density at radius 2 is 1.84 bits per heavy atom. The summed E-state index contributed by atoms with van der Waals surface area (Å²) >= 11 is 0. The smallest absolute Gasteiger partial charge is 0.0362 e. The molecule has 3 fully saturated rings. The van der Waals surface area contributed by atoms with E-state index in [0.717, 1.165) is 30.3 Å². The first-order valence-electron chi connectivity index (χ1n) is 8.66. The molecule has 0 aromatic rings. The van der Waals surface area contributed by atoms with Crippen molar-refractivity contribution in [2.45, 2.75) is 76.8 Å². The standard InChI is InChI=1S/C17H32N2/c1-13-6-5-10-17(12-18,14(13)2)19-11-9-15-7-3-4-8-16(15)19/h13-16H,3-12,18H2,1-2H3. The Hall–Kier alpha value is -0.0800. The molecule has 2 nitrogen and oxygen atoms in total. The Kier molecular flexibility index (Phi) is 3.92. The van der Waals surface area contributed by atoms with Gasteiger partial charge >= 0.3 is 0 Å². The Morgan fingerprint density at radius 1 is 1.05 bits per heavy atom. The second-order valence-corrected chi connectivity index (χ2v) is 7.56. The van der Waals surface area contributed by atoms with Crippen molar-refractivity contribution in [2.75, 3.05) is 13.1 Å². The molecule has 19 heavy (non-hydrogen) atoms. The summed E-state index contributed by atoms with van der Waals surface area (Å²) in [6.07, 6.45) is 11.4. The molecule has 0 spiro atoms. The van der Waals surface area contributed by atoms with Crippen molar-refractivity contribution in [3.63, 3.8) is 0 Å². The molecule has 0 aromatic heterocycles. The summed E-state index contributed by atoms with van der Waals surface area (Å²) in [6.45, 7) is 7.13. The minimum absolute atomic E-state index is 0.328. The molecule has 0 aromatic carbocycles. The zero-order chi connectivity index (χ0) is 13.5. The fraction of sp³-hybridized carbons (Fsp3) is 1.00. The van der Waals surface area contributed by atoms with E-state index in [9.17, 15) is 0 Å². The summed E-state index contributed by atoms with van der Waals surface area (Å²) in [6, 6.07) is 0.866. The first kappa shape index (κ1) is 13.9. The third-order valence-electron chi connectivity index (χ3n) is 6.91. The molecule has 1 aliphatic heterocycles. The number of nitrogens with zero attached hydrogens (tertiary/aromatic N) is 1. The third kappa shape index (κ3) is 2.15. The zero-order valence-corrected chi connectivity index (χ0v) is 12.9. The quantitative estimate of drug-likeness (QED) is 0.828. The highest BCUT2D eigenvalue weighted by molar-refractivity contribution is 5.06. The highest BCUT2D eigenvalue weighted by Gasteiger charge is 2.50. The zero-order valence-electron chi connectivity index (χ0n) is 12.9. The van der Waals surface area contributed by atoms with Crippen LogP contribution in [0.5, 0.6) is 0 Å². The second kappa shape index (κ2) is 5.37. The summed E-state index contributed by atoms with van der Waals surface area (Å²) in [5.41, 5.74) is 6.68. The SMILES string of the molecule is CC1CCCC(CN)(N2CCC3CCCCC32)C1C. The van der Waals surface area contributed by atoms with E-state index >= 15 is 0 Å². The molecule has 2 saturated carbocycles. The first-order valence-corrected chi connectivity index (χ1v) is 8.66. The highest BCUT2D eigenvalue weighted by atomic mass is 15.3. The number of rotatable bonds is 2. The van der Waals surface area contributed by atoms with E-state index < -0.39 is 0 Å². The van der Waals surface area contributed by atoms with Crippen LogP contribution < -0.4 is 5.73 Å². The minimum Gasteiger partial charge on any atom is -0.329 e. The molecule has 0 radical (unpaired) electrons. The van der Waals surface area contributed by atoms with Gasteiger partial charge in [0.15, 0.2) is 0 Å². The van der Waals surface area contributed by atoms with Crippen molar-refractivity contribution in [1.29, 1.82) is 0 Å². The summed E-state index contributed by atoms with van der Waals surface area (Å²) in [7, 11) is 0. The maximum Gasteiger partial charge on any atom is 0.0362 e. The van der Waals surface area contributed by atoms with Gasteiger partial charge in [-0.3, -0.25) is 4.90 Å². The van der Waals surface area contributed by atoms with Crippen LogP contribution in [0.3, 0.4) is 0 Å². The molecule has 5 atom stereocenters. The molecule has 3 aliphatic rings. The van der Waals surface area contributed by atoms with E-state index in [-0.39, 0.29) is 0 Å². The van der Waals surface area contributed by atoms with Gasteiger partial charge in [0.05, 0.1) is 0 Å². The molecule has 1 saturated heterocycles. The second-order valence-electron chi connectivity index (χ2n) is 7.56. The van der Waals surface area contributed by atoms with Gasteiger partial charge in [0, 0.05) is 18.1 Å². The average molecular weight is 264 g/mol. The fourth-order valence-electron chi connectivity index (χ4n) is 5.51. The van der Waals surface area contributed by atoms with E-state index in [1.54, 1.807) is 0 Å². The van der Waals surface area contributed by atoms with Crippen LogP contribution in [0, 0.1) is 17.8 Å². The third-order valence-corrected chi connectivity index (χ3v) is 6.91. The van der Waals surface area contributed by atoms with E-state index in [4.69, 9.17) is 5.73 Å². The Morgan fingerprint density at radius 3 is 2.63 bits per heavy atom. The predicted molar refractivity (Wildman–Crippen MR) is 81.0 cm³/mol. The van der Waals surface area contributed by atoms with E-state index in [0.29, 0.717) is 5.54 Å². The number of hydrogen-bond donors (Lipinski definition) is 1. The molecule has 0 bridgehead atoms. The topological polar surface area (TPSA) is 29.3 Å². The van der Waals surface area contributed by atoms with E-state index in [2.05, 4.69) is 18.7 Å². The Balaban J connectivity index is 1.85. The van der Waals surface area contributed by atoms with Gasteiger partial charge in [0.2, 0.25) is 0 Å². The molecule has 2 heteroatoms. The predicted octanol–water partition coefficient (Wildman–Crippen LogP) is 3.40. The number of nitrogens with two attached hydrogens (primary N) is 1. The molecule has 2 N–H and O–H groups in total. The van der Waals surface area contributed by atoms with Gasteiger partial charge in [-0.15, -0.1) is 0 Å². The maximum atomic E-state index is 6.35. The summed E-state index contributed by atoms with van der Waals surface area (Å²) in [5, 5.41) is 0. The van der Waals surface area contributed by atoms with Crippen molar-refractivity contribution >= 4 is 0 Å². The summed E-state index contributed by atoms with van der Waals surface area (Å²) in [5.74, 6) is 2.61. The van der Waals surface area contributed by atoms with Crippen LogP contribution in [0.2, 0.25) is 0 Å². The average Bonchev–Trinajstić information content (AvgIpc) is 2.87. The van der Waals surface area contributed by atoms with Crippen molar-refractivity contribution < 1.29 is 0 Å². The van der Waals surface area contributed by atoms with Gasteiger partial charge in [-0.25, -0.2) is 0 Å². The van der Waals surface area contributed by atoms with Crippen LogP contribution in [-0.2, 0) is 0 Å². The highest BCUT2D eigenvalue weighted by Crippen LogP contribution is 2.47. The molecule has 1 heterocycles. The molecule has 110 valence electrons. The molecular formula is C17H32N2. The maximum absolute atomic E-state index is 6.35. The Bertz CT molecular complexity index is 316. The van der Waals surface area contributed by atoms with Gasteiger partial charge < -0.3 is 5.73 Å². The lowest BCUT2D eigenvalue weighted by atomic mass is 9.66. The lowest BCUT2D eigenvalue weighted by molar-refractivity contribution is -0.0307. The normalized spacial score (nSPS) is 48.2. The molecule has 5 unspecified atom stereocenters. The van der Waals surface area contributed by atoms with Crippen LogP contribution in [0.1, 0.15) is 65.2 Å². The van der Waals surface area contributed by atoms with Crippen LogP contribution in [-0.4, -0.2) is 29.6 Å². The monoisotopic (exact) mass is 264 g/mol. The Labute approximate surface area is 119 Å². The van der Waals surface area contributed by atoms with Gasteiger partial charge in [-0.2, -0.15) is 0 Å². The molecule has 0 amide bonds. The van der Waals surface area contributed by atoms with Gasteiger partial charge in [-0.1, -0.05) is 39.5 Å². The van der Waals surface area contributed by atoms with E-state index in [1.807, 2.05) is 0 Å². The van der Waals surface area contributed by atoms with Crippen LogP contribution in [0.15, 0.2) is 0 Å². The largest absolute Gasteiger partial charge is 0.329 e. The lowest BCUT2D eigenvalue weighted by Crippen LogP contribution is -2.62. The number of likely N-dealkylation sites (tertiary alicyclic amines) is 1. The van der Waals surface area contributed by atoms with Crippen LogP contribution in [0.25, 0.3) is 0 Å². The molecular weight excluding hydrogens is 232 g/mol. The number of fused-ring (bicyclic) bond motifs is 1. The molecule has 3 rings (SSSR count). The number of hydrogen-bond acceptors (Lipinski definition) is 2. The minimum atomic E-state index is 0.328. The lowest BCUT2D eigenvalue weighted by Gasteiger charge is -2.54. The van der Waals surface area contributed by atoms with Gasteiger partial charge in [-0.05, 0) is 50.0 Å².